The van der Waals surface area contributed by atoms with Crippen LogP contribution in [0.5, 0.6) is 0 Å². The molecule has 1 heterocycles. The molecule has 1 aliphatic heterocycles. The number of carbonyl (C=O) groups excluding carboxylic acids is 1. The number of carboxylic acid groups (broad SMARTS) is 1. The highest BCUT2D eigenvalue weighted by atomic mass is 35.5. The molecule has 0 radical (unpaired) electrons. The minimum absolute atomic E-state index is 0.169. The first-order chi connectivity index (χ1) is 8.96. The van der Waals surface area contributed by atoms with Crippen LogP contribution in [0.3, 0.4) is 0 Å². The van der Waals surface area contributed by atoms with Crippen molar-refractivity contribution < 1.29 is 19.1 Å². The fraction of sp³-hybridized carbons (Fsp3) is 0.333. The molecule has 1 amide bonds. The van der Waals surface area contributed by atoms with Crippen molar-refractivity contribution in [3.8, 4) is 0 Å². The Bertz CT molecular complexity index is 532. The van der Waals surface area contributed by atoms with Crippen molar-refractivity contribution in [1.82, 2.24) is 5.32 Å². The fourth-order valence-electron chi connectivity index (χ4n) is 1.85. The summed E-state index contributed by atoms with van der Waals surface area (Å²) in [5.74, 6) is -1.79. The van der Waals surface area contributed by atoms with Gasteiger partial charge in [-0.25, -0.2) is 9.18 Å². The fourth-order valence-corrected chi connectivity index (χ4v) is 3.35. The third kappa shape index (κ3) is 2.69. The number of aliphatic carboxylic acids is 1. The van der Waals surface area contributed by atoms with Gasteiger partial charge in [0.2, 0.25) is 0 Å². The van der Waals surface area contributed by atoms with Crippen molar-refractivity contribution in [3.05, 3.63) is 34.6 Å². The minimum atomic E-state index is -1.32. The average molecular weight is 304 g/mol. The minimum Gasteiger partial charge on any atom is -0.479 e. The number of amides is 1. The summed E-state index contributed by atoms with van der Waals surface area (Å²) in [5, 5.41) is 11.5. The van der Waals surface area contributed by atoms with Gasteiger partial charge < -0.3 is 10.4 Å². The maximum atomic E-state index is 13.7. The zero-order valence-corrected chi connectivity index (χ0v) is 11.4. The molecule has 4 nitrogen and oxygen atoms in total. The van der Waals surface area contributed by atoms with Crippen molar-refractivity contribution in [1.29, 1.82) is 0 Å². The van der Waals surface area contributed by atoms with Crippen LogP contribution in [0.4, 0.5) is 4.39 Å². The lowest BCUT2D eigenvalue weighted by molar-refractivity contribution is -0.143. The predicted octanol–water partition coefficient (Wildman–Crippen LogP) is 2.17. The van der Waals surface area contributed by atoms with Crippen LogP contribution >= 0.6 is 23.4 Å². The SMILES string of the molecule is O=C(NC1(C(=O)O)CCSC1)c1cccc(Cl)c1F. The largest absolute Gasteiger partial charge is 0.479 e. The summed E-state index contributed by atoms with van der Waals surface area (Å²) in [6.07, 6.45) is 0.320. The lowest BCUT2D eigenvalue weighted by Crippen LogP contribution is -2.54. The van der Waals surface area contributed by atoms with E-state index in [4.69, 9.17) is 11.6 Å². The van der Waals surface area contributed by atoms with Crippen LogP contribution < -0.4 is 5.32 Å². The third-order valence-corrected chi connectivity index (χ3v) is 4.46. The summed E-state index contributed by atoms with van der Waals surface area (Å²) in [6, 6.07) is 4.04. The summed E-state index contributed by atoms with van der Waals surface area (Å²) in [7, 11) is 0. The van der Waals surface area contributed by atoms with Crippen molar-refractivity contribution >= 4 is 35.2 Å². The molecule has 0 bridgehead atoms. The molecule has 7 heteroatoms. The van der Waals surface area contributed by atoms with Gasteiger partial charge in [-0.05, 0) is 24.3 Å². The van der Waals surface area contributed by atoms with E-state index in [1.54, 1.807) is 0 Å². The van der Waals surface area contributed by atoms with E-state index in [1.165, 1.54) is 30.0 Å². The van der Waals surface area contributed by atoms with Crippen molar-refractivity contribution in [2.24, 2.45) is 0 Å². The molecule has 0 aliphatic carbocycles. The monoisotopic (exact) mass is 303 g/mol. The molecule has 1 aromatic rings. The van der Waals surface area contributed by atoms with Gasteiger partial charge >= 0.3 is 5.97 Å². The number of carboxylic acids is 1. The van der Waals surface area contributed by atoms with Gasteiger partial charge in [0.1, 0.15) is 5.54 Å². The number of hydrogen-bond acceptors (Lipinski definition) is 3. The number of carbonyl (C=O) groups is 2. The molecule has 0 saturated carbocycles. The van der Waals surface area contributed by atoms with Crippen LogP contribution in [0.2, 0.25) is 5.02 Å². The molecule has 0 spiro atoms. The maximum Gasteiger partial charge on any atom is 0.330 e. The van der Waals surface area contributed by atoms with E-state index in [9.17, 15) is 19.1 Å². The summed E-state index contributed by atoms with van der Waals surface area (Å²) in [4.78, 5) is 23.3. The quantitative estimate of drug-likeness (QED) is 0.898. The number of thioether (sulfide) groups is 1. The molecular formula is C12H11ClFNO3S. The highest BCUT2D eigenvalue weighted by Crippen LogP contribution is 2.29. The van der Waals surface area contributed by atoms with Crippen LogP contribution in [-0.2, 0) is 4.79 Å². The smallest absolute Gasteiger partial charge is 0.330 e. The van der Waals surface area contributed by atoms with E-state index in [0.29, 0.717) is 12.2 Å². The number of hydrogen-bond donors (Lipinski definition) is 2. The topological polar surface area (TPSA) is 66.4 Å². The molecule has 1 unspecified atom stereocenters. The zero-order valence-electron chi connectivity index (χ0n) is 9.78. The molecule has 0 aromatic heterocycles. The van der Waals surface area contributed by atoms with Gasteiger partial charge in [0.15, 0.2) is 5.82 Å². The van der Waals surface area contributed by atoms with Gasteiger partial charge in [-0.2, -0.15) is 11.8 Å². The normalized spacial score (nSPS) is 22.2. The average Bonchev–Trinajstić information content (AvgIpc) is 2.82. The van der Waals surface area contributed by atoms with Crippen LogP contribution in [0.15, 0.2) is 18.2 Å². The van der Waals surface area contributed by atoms with Crippen LogP contribution in [0.1, 0.15) is 16.8 Å². The third-order valence-electron chi connectivity index (χ3n) is 2.98. The number of nitrogens with one attached hydrogen (secondary N) is 1. The molecule has 102 valence electrons. The van der Waals surface area contributed by atoms with E-state index in [-0.39, 0.29) is 16.3 Å². The number of rotatable bonds is 3. The molecule has 1 fully saturated rings. The molecule has 1 aromatic carbocycles. The van der Waals surface area contributed by atoms with Crippen LogP contribution in [0, 0.1) is 5.82 Å². The lowest BCUT2D eigenvalue weighted by atomic mass is 9.98. The number of halogens is 2. The standard InChI is InChI=1S/C12H11ClFNO3S/c13-8-3-1-2-7(9(8)14)10(16)15-12(11(17)18)4-5-19-6-12/h1-3H,4-6H2,(H,15,16)(H,17,18). The van der Waals surface area contributed by atoms with Gasteiger partial charge in [-0.15, -0.1) is 0 Å². The Morgan fingerprint density at radius 3 is 2.79 bits per heavy atom. The Kier molecular flexibility index (Phi) is 4.01. The summed E-state index contributed by atoms with van der Waals surface area (Å²) in [6.45, 7) is 0. The molecule has 1 atom stereocenters. The Labute approximate surface area is 118 Å². The first-order valence-corrected chi connectivity index (χ1v) is 7.07. The van der Waals surface area contributed by atoms with Crippen LogP contribution in [-0.4, -0.2) is 34.0 Å². The number of benzene rings is 1. The maximum absolute atomic E-state index is 13.7. The summed E-state index contributed by atoms with van der Waals surface area (Å²) >= 11 is 7.03. The highest BCUT2D eigenvalue weighted by Gasteiger charge is 2.43. The molecule has 2 rings (SSSR count). The van der Waals surface area contributed by atoms with E-state index >= 15 is 0 Å². The highest BCUT2D eigenvalue weighted by molar-refractivity contribution is 7.99. The molecule has 1 saturated heterocycles. The Morgan fingerprint density at radius 1 is 1.47 bits per heavy atom. The van der Waals surface area contributed by atoms with Gasteiger partial charge in [0.05, 0.1) is 10.6 Å². The van der Waals surface area contributed by atoms with Crippen molar-refractivity contribution in [2.45, 2.75) is 12.0 Å². The van der Waals surface area contributed by atoms with Gasteiger partial charge in [0, 0.05) is 5.75 Å². The van der Waals surface area contributed by atoms with E-state index in [0.717, 1.165) is 0 Å². The predicted molar refractivity (Wildman–Crippen MR) is 71.2 cm³/mol. The van der Waals surface area contributed by atoms with E-state index in [1.807, 2.05) is 0 Å². The Morgan fingerprint density at radius 2 is 2.21 bits per heavy atom. The molecular weight excluding hydrogens is 293 g/mol. The van der Waals surface area contributed by atoms with Gasteiger partial charge in [0.25, 0.3) is 5.91 Å². The first-order valence-electron chi connectivity index (χ1n) is 5.54. The zero-order chi connectivity index (χ0) is 14.0. The molecule has 1 aliphatic rings. The Balaban J connectivity index is 2.25. The van der Waals surface area contributed by atoms with Crippen LogP contribution in [0.25, 0.3) is 0 Å². The summed E-state index contributed by atoms with van der Waals surface area (Å²) < 4.78 is 13.7. The second-order valence-electron chi connectivity index (χ2n) is 4.25. The van der Waals surface area contributed by atoms with Gasteiger partial charge in [-0.3, -0.25) is 4.79 Å². The summed E-state index contributed by atoms with van der Waals surface area (Å²) in [5.41, 5.74) is -1.57. The lowest BCUT2D eigenvalue weighted by Gasteiger charge is -2.24. The Hall–Kier alpha value is -1.27. The van der Waals surface area contributed by atoms with Gasteiger partial charge in [-0.1, -0.05) is 17.7 Å². The second-order valence-corrected chi connectivity index (χ2v) is 5.76. The molecule has 2 N–H and O–H groups in total. The van der Waals surface area contributed by atoms with Crippen molar-refractivity contribution in [3.63, 3.8) is 0 Å². The van der Waals surface area contributed by atoms with E-state index in [2.05, 4.69) is 5.32 Å². The second kappa shape index (κ2) is 5.38. The van der Waals surface area contributed by atoms with Crippen molar-refractivity contribution in [2.75, 3.05) is 11.5 Å². The molecule has 19 heavy (non-hydrogen) atoms. The van der Waals surface area contributed by atoms with E-state index < -0.39 is 23.2 Å². The first kappa shape index (κ1) is 14.1.